The number of anilines is 1. The third-order valence-electron chi connectivity index (χ3n) is 3.35. The Morgan fingerprint density at radius 3 is 2.75 bits per heavy atom. The highest BCUT2D eigenvalue weighted by atomic mass is 19.1. The van der Waals surface area contributed by atoms with Gasteiger partial charge in [0.2, 0.25) is 5.95 Å². The van der Waals surface area contributed by atoms with Gasteiger partial charge in [-0.15, -0.1) is 0 Å². The Labute approximate surface area is 114 Å². The quantitative estimate of drug-likeness (QED) is 0.779. The van der Waals surface area contributed by atoms with E-state index in [1.54, 1.807) is 4.57 Å². The van der Waals surface area contributed by atoms with Crippen LogP contribution in [0.3, 0.4) is 0 Å². The zero-order valence-electron chi connectivity index (χ0n) is 10.9. The number of nitrogens with two attached hydrogens (primary N) is 1. The average Bonchev–Trinajstić information content (AvgIpc) is 2.71. The summed E-state index contributed by atoms with van der Waals surface area (Å²) in [5, 5.41) is 0. The van der Waals surface area contributed by atoms with E-state index in [4.69, 9.17) is 5.73 Å². The lowest BCUT2D eigenvalue weighted by Gasteiger charge is -2.08. The Morgan fingerprint density at radius 1 is 1.20 bits per heavy atom. The highest BCUT2D eigenvalue weighted by molar-refractivity contribution is 5.81. The number of rotatable bonds is 2. The standard InChI is InChI=1S/C15H13F2N3/c1-9-3-2-4-13-14(9)19-15(18)20(13)8-10-5-6-11(16)7-12(10)17/h2-7H,8H2,1H3,(H2,18,19). The molecule has 102 valence electrons. The molecule has 0 atom stereocenters. The first-order chi connectivity index (χ1) is 9.56. The second kappa shape index (κ2) is 4.59. The Kier molecular flexibility index (Phi) is 2.89. The number of para-hydroxylation sites is 1. The van der Waals surface area contributed by atoms with Gasteiger partial charge in [0.15, 0.2) is 0 Å². The largest absolute Gasteiger partial charge is 0.369 e. The van der Waals surface area contributed by atoms with Gasteiger partial charge in [-0.05, 0) is 24.6 Å². The summed E-state index contributed by atoms with van der Waals surface area (Å²) in [6, 6.07) is 9.25. The molecule has 20 heavy (non-hydrogen) atoms. The van der Waals surface area contributed by atoms with Crippen molar-refractivity contribution in [1.82, 2.24) is 9.55 Å². The molecule has 0 radical (unpaired) electrons. The van der Waals surface area contributed by atoms with Crippen molar-refractivity contribution in [3.8, 4) is 0 Å². The van der Waals surface area contributed by atoms with E-state index in [2.05, 4.69) is 4.98 Å². The van der Waals surface area contributed by atoms with E-state index in [0.29, 0.717) is 11.5 Å². The monoisotopic (exact) mass is 273 g/mol. The second-order valence-electron chi connectivity index (χ2n) is 4.73. The molecule has 1 heterocycles. The number of nitrogens with zero attached hydrogens (tertiary/aromatic N) is 2. The van der Waals surface area contributed by atoms with Crippen LogP contribution in [0, 0.1) is 18.6 Å². The summed E-state index contributed by atoms with van der Waals surface area (Å²) in [5.41, 5.74) is 8.92. The molecule has 0 bridgehead atoms. The smallest absolute Gasteiger partial charge is 0.201 e. The molecule has 0 amide bonds. The predicted molar refractivity (Wildman–Crippen MR) is 74.3 cm³/mol. The number of nitrogen functional groups attached to an aromatic ring is 1. The maximum absolute atomic E-state index is 13.7. The molecule has 2 aromatic carbocycles. The van der Waals surface area contributed by atoms with E-state index >= 15 is 0 Å². The Morgan fingerprint density at radius 2 is 2.00 bits per heavy atom. The minimum absolute atomic E-state index is 0.220. The number of aromatic nitrogens is 2. The molecule has 0 fully saturated rings. The lowest BCUT2D eigenvalue weighted by Crippen LogP contribution is -2.06. The molecule has 2 N–H and O–H groups in total. The number of hydrogen-bond donors (Lipinski definition) is 1. The third kappa shape index (κ3) is 2.01. The Bertz CT molecular complexity index is 793. The summed E-state index contributed by atoms with van der Waals surface area (Å²) in [6.07, 6.45) is 0. The van der Waals surface area contributed by atoms with E-state index in [1.807, 2.05) is 25.1 Å². The van der Waals surface area contributed by atoms with Crippen molar-refractivity contribution in [1.29, 1.82) is 0 Å². The van der Waals surface area contributed by atoms with Gasteiger partial charge in [0, 0.05) is 11.6 Å². The van der Waals surface area contributed by atoms with Crippen LogP contribution in [0.4, 0.5) is 14.7 Å². The third-order valence-corrected chi connectivity index (χ3v) is 3.35. The minimum Gasteiger partial charge on any atom is -0.369 e. The van der Waals surface area contributed by atoms with Crippen LogP contribution < -0.4 is 5.73 Å². The molecule has 0 saturated heterocycles. The van der Waals surface area contributed by atoms with E-state index in [0.717, 1.165) is 22.7 Å². The minimum atomic E-state index is -0.592. The Hall–Kier alpha value is -2.43. The molecule has 1 aromatic heterocycles. The van der Waals surface area contributed by atoms with Gasteiger partial charge in [-0.2, -0.15) is 0 Å². The molecule has 5 heteroatoms. The van der Waals surface area contributed by atoms with Crippen molar-refractivity contribution in [2.75, 3.05) is 5.73 Å². The molecule has 0 unspecified atom stereocenters. The molecule has 3 rings (SSSR count). The number of halogens is 2. The van der Waals surface area contributed by atoms with Gasteiger partial charge in [0.25, 0.3) is 0 Å². The van der Waals surface area contributed by atoms with Crippen molar-refractivity contribution < 1.29 is 8.78 Å². The van der Waals surface area contributed by atoms with Gasteiger partial charge < -0.3 is 10.3 Å². The van der Waals surface area contributed by atoms with Crippen LogP contribution in [-0.2, 0) is 6.54 Å². The average molecular weight is 273 g/mol. The lowest BCUT2D eigenvalue weighted by molar-refractivity contribution is 0.568. The summed E-state index contributed by atoms with van der Waals surface area (Å²) in [5.74, 6) is -0.859. The van der Waals surface area contributed by atoms with Crippen molar-refractivity contribution >= 4 is 17.0 Å². The molecule has 0 aliphatic heterocycles. The molecule has 0 aliphatic carbocycles. The molecule has 0 saturated carbocycles. The lowest BCUT2D eigenvalue weighted by atomic mass is 10.2. The van der Waals surface area contributed by atoms with Gasteiger partial charge in [-0.1, -0.05) is 18.2 Å². The summed E-state index contributed by atoms with van der Waals surface area (Å²) in [7, 11) is 0. The highest BCUT2D eigenvalue weighted by Gasteiger charge is 2.12. The van der Waals surface area contributed by atoms with E-state index < -0.39 is 11.6 Å². The van der Waals surface area contributed by atoms with Crippen molar-refractivity contribution in [3.63, 3.8) is 0 Å². The topological polar surface area (TPSA) is 43.8 Å². The zero-order chi connectivity index (χ0) is 14.3. The fourth-order valence-corrected chi connectivity index (χ4v) is 2.29. The van der Waals surface area contributed by atoms with Crippen molar-refractivity contribution in [2.45, 2.75) is 13.5 Å². The maximum Gasteiger partial charge on any atom is 0.201 e. The summed E-state index contributed by atoms with van der Waals surface area (Å²) in [4.78, 5) is 4.30. The molecule has 0 aliphatic rings. The first kappa shape index (κ1) is 12.6. The number of aryl methyl sites for hydroxylation is 1. The van der Waals surface area contributed by atoms with Crippen LogP contribution in [0.1, 0.15) is 11.1 Å². The fraction of sp³-hybridized carbons (Fsp3) is 0.133. The van der Waals surface area contributed by atoms with Crippen molar-refractivity contribution in [3.05, 3.63) is 59.2 Å². The van der Waals surface area contributed by atoms with Crippen LogP contribution in [0.5, 0.6) is 0 Å². The molecule has 3 nitrogen and oxygen atoms in total. The molecular weight excluding hydrogens is 260 g/mol. The molecule has 3 aromatic rings. The van der Waals surface area contributed by atoms with Crippen LogP contribution in [0.25, 0.3) is 11.0 Å². The van der Waals surface area contributed by atoms with Gasteiger partial charge in [-0.25, -0.2) is 13.8 Å². The van der Waals surface area contributed by atoms with Gasteiger partial charge in [0.05, 0.1) is 17.6 Å². The number of imidazole rings is 1. The van der Waals surface area contributed by atoms with E-state index in [1.165, 1.54) is 12.1 Å². The normalized spacial score (nSPS) is 11.2. The maximum atomic E-state index is 13.7. The van der Waals surface area contributed by atoms with Crippen LogP contribution in [0.2, 0.25) is 0 Å². The first-order valence-electron chi connectivity index (χ1n) is 6.21. The van der Waals surface area contributed by atoms with E-state index in [-0.39, 0.29) is 6.54 Å². The van der Waals surface area contributed by atoms with Gasteiger partial charge >= 0.3 is 0 Å². The molecular formula is C15H13F2N3. The van der Waals surface area contributed by atoms with Gasteiger partial charge in [-0.3, -0.25) is 0 Å². The summed E-state index contributed by atoms with van der Waals surface area (Å²) >= 11 is 0. The number of hydrogen-bond acceptors (Lipinski definition) is 2. The molecule has 0 spiro atoms. The highest BCUT2D eigenvalue weighted by Crippen LogP contribution is 2.23. The number of fused-ring (bicyclic) bond motifs is 1. The van der Waals surface area contributed by atoms with E-state index in [9.17, 15) is 8.78 Å². The zero-order valence-corrected chi connectivity index (χ0v) is 10.9. The number of benzene rings is 2. The van der Waals surface area contributed by atoms with Gasteiger partial charge in [0.1, 0.15) is 11.6 Å². The van der Waals surface area contributed by atoms with Crippen molar-refractivity contribution in [2.24, 2.45) is 0 Å². The summed E-state index contributed by atoms with van der Waals surface area (Å²) < 4.78 is 28.4. The summed E-state index contributed by atoms with van der Waals surface area (Å²) in [6.45, 7) is 2.16. The predicted octanol–water partition coefficient (Wildman–Crippen LogP) is 3.25. The van der Waals surface area contributed by atoms with Crippen LogP contribution in [-0.4, -0.2) is 9.55 Å². The SMILES string of the molecule is Cc1cccc2c1nc(N)n2Cc1ccc(F)cc1F. The second-order valence-corrected chi connectivity index (χ2v) is 4.73. The fourth-order valence-electron chi connectivity index (χ4n) is 2.29. The Balaban J connectivity index is 2.11. The first-order valence-corrected chi connectivity index (χ1v) is 6.21. The van der Waals surface area contributed by atoms with Crippen LogP contribution in [0.15, 0.2) is 36.4 Å². The van der Waals surface area contributed by atoms with Crippen LogP contribution >= 0.6 is 0 Å².